The van der Waals surface area contributed by atoms with Gasteiger partial charge in [0, 0.05) is 12.1 Å². The van der Waals surface area contributed by atoms with Gasteiger partial charge in [-0.15, -0.1) is 0 Å². The normalized spacial score (nSPS) is 17.4. The van der Waals surface area contributed by atoms with Gasteiger partial charge in [0.1, 0.15) is 5.75 Å². The second-order valence-corrected chi connectivity index (χ2v) is 11.2. The number of hydrogen-bond acceptors (Lipinski definition) is 7. The van der Waals surface area contributed by atoms with E-state index in [1.807, 2.05) is 45.3 Å². The lowest BCUT2D eigenvalue weighted by Crippen LogP contribution is -2.27. The average Bonchev–Trinajstić information content (AvgIpc) is 3.34. The quantitative estimate of drug-likeness (QED) is 0.489. The Labute approximate surface area is 200 Å². The summed E-state index contributed by atoms with van der Waals surface area (Å²) in [5.74, 6) is 0.644. The number of carbonyl (C=O) groups is 1. The molecule has 1 amide bonds. The van der Waals surface area contributed by atoms with Crippen molar-refractivity contribution in [2.24, 2.45) is 0 Å². The third-order valence-electron chi connectivity index (χ3n) is 6.07. The zero-order valence-corrected chi connectivity index (χ0v) is 20.9. The zero-order valence-electron chi connectivity index (χ0n) is 20.0. The minimum Gasteiger partial charge on any atom is -0.497 e. The molecule has 1 saturated heterocycles. The van der Waals surface area contributed by atoms with Gasteiger partial charge in [-0.2, -0.15) is 5.10 Å². The molecule has 4 rings (SSSR count). The second kappa shape index (κ2) is 9.71. The number of nitrogens with one attached hydrogen (secondary N) is 1. The fraction of sp³-hybridized carbons (Fsp3) is 0.458. The zero-order chi connectivity index (χ0) is 24.5. The fourth-order valence-corrected chi connectivity index (χ4v) is 6.03. The van der Waals surface area contributed by atoms with E-state index in [1.54, 1.807) is 17.9 Å². The monoisotopic (exact) mass is 485 g/mol. The average molecular weight is 486 g/mol. The molecule has 3 aromatic rings. The van der Waals surface area contributed by atoms with Crippen LogP contribution in [0.2, 0.25) is 0 Å². The topological polar surface area (TPSA) is 106 Å². The number of benzene rings is 1. The number of aryl methyl sites for hydroxylation is 1. The largest absolute Gasteiger partial charge is 0.497 e. The molecule has 1 aromatic carbocycles. The van der Waals surface area contributed by atoms with Crippen molar-refractivity contribution in [2.45, 2.75) is 25.8 Å². The standard InChI is InChI=1S/C24H31N5O4S/c1-16-22-20(24(30)25-10-6-11-28(2)3)14-21(17-7-5-8-19(13-17)33-4)26-23(22)29(27-16)18-9-12-34(31,32)15-18/h5,7-8,13-14,18H,6,9-12,15H2,1-4H3,(H,25,30)/t18-/m0/s1. The highest BCUT2D eigenvalue weighted by Crippen LogP contribution is 2.32. The van der Waals surface area contributed by atoms with E-state index in [0.717, 1.165) is 18.5 Å². The summed E-state index contributed by atoms with van der Waals surface area (Å²) in [6, 6.07) is 8.96. The van der Waals surface area contributed by atoms with E-state index >= 15 is 0 Å². The number of pyridine rings is 1. The van der Waals surface area contributed by atoms with E-state index in [2.05, 4.69) is 15.3 Å². The van der Waals surface area contributed by atoms with E-state index < -0.39 is 9.84 Å². The molecule has 182 valence electrons. The lowest BCUT2D eigenvalue weighted by atomic mass is 10.0. The molecule has 0 aliphatic carbocycles. The first-order chi connectivity index (χ1) is 16.2. The number of fused-ring (bicyclic) bond motifs is 1. The summed E-state index contributed by atoms with van der Waals surface area (Å²) < 4.78 is 31.3. The van der Waals surface area contributed by atoms with Gasteiger partial charge in [0.05, 0.1) is 47.0 Å². The van der Waals surface area contributed by atoms with Crippen molar-refractivity contribution in [1.29, 1.82) is 0 Å². The molecule has 1 aliphatic heterocycles. The first-order valence-corrected chi connectivity index (χ1v) is 13.2. The van der Waals surface area contributed by atoms with Crippen molar-refractivity contribution >= 4 is 26.8 Å². The second-order valence-electron chi connectivity index (χ2n) is 8.99. The van der Waals surface area contributed by atoms with Crippen LogP contribution in [0, 0.1) is 6.92 Å². The molecule has 0 spiro atoms. The van der Waals surface area contributed by atoms with Gasteiger partial charge < -0.3 is 15.0 Å². The summed E-state index contributed by atoms with van der Waals surface area (Å²) in [7, 11) is 2.48. The summed E-state index contributed by atoms with van der Waals surface area (Å²) in [5.41, 5.74) is 3.07. The number of hydrogen-bond donors (Lipinski definition) is 1. The molecule has 0 radical (unpaired) electrons. The molecule has 2 aromatic heterocycles. The van der Waals surface area contributed by atoms with Crippen LogP contribution in [0.25, 0.3) is 22.3 Å². The van der Waals surface area contributed by atoms with Gasteiger partial charge in [0.25, 0.3) is 5.91 Å². The number of methoxy groups -OCH3 is 1. The SMILES string of the molecule is COc1cccc(-c2cc(C(=O)NCCCN(C)C)c3c(C)nn([C@H]4CCS(=O)(=O)C4)c3n2)c1. The molecule has 34 heavy (non-hydrogen) atoms. The molecule has 0 saturated carbocycles. The maximum atomic E-state index is 13.3. The van der Waals surface area contributed by atoms with Crippen molar-refractivity contribution in [3.8, 4) is 17.0 Å². The molecule has 1 atom stereocenters. The van der Waals surface area contributed by atoms with Crippen LogP contribution in [-0.2, 0) is 9.84 Å². The highest BCUT2D eigenvalue weighted by Gasteiger charge is 2.32. The van der Waals surface area contributed by atoms with Crippen LogP contribution >= 0.6 is 0 Å². The van der Waals surface area contributed by atoms with Gasteiger partial charge in [-0.1, -0.05) is 12.1 Å². The van der Waals surface area contributed by atoms with Crippen LogP contribution in [0.15, 0.2) is 30.3 Å². The van der Waals surface area contributed by atoms with Crippen molar-refractivity contribution in [2.75, 3.05) is 45.8 Å². The van der Waals surface area contributed by atoms with Crippen LogP contribution in [0.4, 0.5) is 0 Å². The van der Waals surface area contributed by atoms with E-state index in [4.69, 9.17) is 9.72 Å². The summed E-state index contributed by atoms with van der Waals surface area (Å²) in [6.07, 6.45) is 1.31. The smallest absolute Gasteiger partial charge is 0.252 e. The van der Waals surface area contributed by atoms with Crippen LogP contribution in [0.1, 0.15) is 34.9 Å². The summed E-state index contributed by atoms with van der Waals surface area (Å²) in [6.45, 7) is 3.25. The molecular formula is C24H31N5O4S. The first-order valence-electron chi connectivity index (χ1n) is 11.4. The number of carbonyl (C=O) groups excluding carboxylic acids is 1. The predicted molar refractivity (Wildman–Crippen MR) is 132 cm³/mol. The molecule has 1 aliphatic rings. The van der Waals surface area contributed by atoms with Crippen LogP contribution in [-0.4, -0.2) is 79.8 Å². The lowest BCUT2D eigenvalue weighted by Gasteiger charge is -2.13. The van der Waals surface area contributed by atoms with Crippen LogP contribution < -0.4 is 10.1 Å². The minimum absolute atomic E-state index is 0.0281. The van der Waals surface area contributed by atoms with Gasteiger partial charge in [-0.05, 0) is 58.6 Å². The first kappa shape index (κ1) is 24.2. The van der Waals surface area contributed by atoms with E-state index in [9.17, 15) is 13.2 Å². The summed E-state index contributed by atoms with van der Waals surface area (Å²) >= 11 is 0. The van der Waals surface area contributed by atoms with Crippen molar-refractivity contribution in [1.82, 2.24) is 25.0 Å². The van der Waals surface area contributed by atoms with Gasteiger partial charge in [-0.3, -0.25) is 4.79 Å². The maximum Gasteiger partial charge on any atom is 0.252 e. The molecule has 0 unspecified atom stereocenters. The third-order valence-corrected chi connectivity index (χ3v) is 7.82. The Balaban J connectivity index is 1.81. The van der Waals surface area contributed by atoms with Gasteiger partial charge in [0.2, 0.25) is 0 Å². The third kappa shape index (κ3) is 5.07. The maximum absolute atomic E-state index is 13.3. The van der Waals surface area contributed by atoms with Gasteiger partial charge >= 0.3 is 0 Å². The summed E-state index contributed by atoms with van der Waals surface area (Å²) in [5, 5.41) is 8.32. The van der Waals surface area contributed by atoms with E-state index in [-0.39, 0.29) is 23.5 Å². The number of amides is 1. The number of nitrogens with zero attached hydrogens (tertiary/aromatic N) is 4. The minimum atomic E-state index is -3.11. The Morgan fingerprint density at radius 3 is 2.76 bits per heavy atom. The fourth-order valence-electron chi connectivity index (χ4n) is 4.34. The van der Waals surface area contributed by atoms with E-state index in [1.165, 1.54) is 0 Å². The molecule has 9 nitrogen and oxygen atoms in total. The van der Waals surface area contributed by atoms with Crippen molar-refractivity contribution in [3.63, 3.8) is 0 Å². The van der Waals surface area contributed by atoms with Gasteiger partial charge in [0.15, 0.2) is 15.5 Å². The van der Waals surface area contributed by atoms with Crippen LogP contribution in [0.5, 0.6) is 5.75 Å². The lowest BCUT2D eigenvalue weighted by molar-refractivity contribution is 0.0954. The Morgan fingerprint density at radius 2 is 2.09 bits per heavy atom. The Morgan fingerprint density at radius 1 is 1.29 bits per heavy atom. The number of sulfone groups is 1. The molecule has 10 heteroatoms. The molecular weight excluding hydrogens is 454 g/mol. The predicted octanol–water partition coefficient (Wildman–Crippen LogP) is 2.46. The molecule has 1 fully saturated rings. The van der Waals surface area contributed by atoms with E-state index in [0.29, 0.717) is 46.7 Å². The highest BCUT2D eigenvalue weighted by atomic mass is 32.2. The molecule has 3 heterocycles. The number of ether oxygens (including phenoxy) is 1. The summed E-state index contributed by atoms with van der Waals surface area (Å²) in [4.78, 5) is 20.2. The number of rotatable bonds is 8. The number of aromatic nitrogens is 3. The van der Waals surface area contributed by atoms with Crippen molar-refractivity contribution < 1.29 is 17.9 Å². The Bertz CT molecular complexity index is 1320. The van der Waals surface area contributed by atoms with Crippen molar-refractivity contribution in [3.05, 3.63) is 41.6 Å². The highest BCUT2D eigenvalue weighted by molar-refractivity contribution is 7.91. The molecule has 1 N–H and O–H groups in total. The molecule has 0 bridgehead atoms. The van der Waals surface area contributed by atoms with Crippen LogP contribution in [0.3, 0.4) is 0 Å². The van der Waals surface area contributed by atoms with Gasteiger partial charge in [-0.25, -0.2) is 18.1 Å². The Kier molecular flexibility index (Phi) is 6.90. The Hall–Kier alpha value is -2.98.